The minimum absolute atomic E-state index is 0.678. The molecule has 0 radical (unpaired) electrons. The first-order valence-corrected chi connectivity index (χ1v) is 11.4. The second-order valence-electron chi connectivity index (χ2n) is 8.67. The normalized spacial score (nSPS) is 11.1. The second kappa shape index (κ2) is 8.06. The Morgan fingerprint density at radius 1 is 0.588 bits per heavy atom. The highest BCUT2D eigenvalue weighted by atomic mass is 15.0. The van der Waals surface area contributed by atoms with Crippen molar-refractivity contribution >= 4 is 21.8 Å². The zero-order valence-corrected chi connectivity index (χ0v) is 18.9. The Labute approximate surface area is 199 Å². The van der Waals surface area contributed by atoms with E-state index in [2.05, 4.69) is 121 Å². The number of aromatic nitrogens is 1. The van der Waals surface area contributed by atoms with Gasteiger partial charge in [0, 0.05) is 16.5 Å². The third-order valence-electron chi connectivity index (χ3n) is 6.44. The maximum Gasteiger partial charge on any atom is 0.0991 e. The minimum atomic E-state index is 0.678. The van der Waals surface area contributed by atoms with Gasteiger partial charge in [-0.1, -0.05) is 78.9 Å². The summed E-state index contributed by atoms with van der Waals surface area (Å²) >= 11 is 0. The summed E-state index contributed by atoms with van der Waals surface area (Å²) in [5.74, 6) is 0. The summed E-state index contributed by atoms with van der Waals surface area (Å²) in [6, 6.07) is 42.6. The van der Waals surface area contributed by atoms with Crippen LogP contribution in [0.15, 0.2) is 115 Å². The molecule has 2 nitrogen and oxygen atoms in total. The number of hydrogen-bond donors (Lipinski definition) is 0. The van der Waals surface area contributed by atoms with Crippen LogP contribution in [0.1, 0.15) is 11.1 Å². The van der Waals surface area contributed by atoms with Gasteiger partial charge >= 0.3 is 0 Å². The Bertz CT molecular complexity index is 1720. The van der Waals surface area contributed by atoms with E-state index in [1.807, 2.05) is 12.1 Å². The SMILES string of the molecule is Cc1cc(-c2ccccc2-c2ccccc2)cc(-n2c3ccccc3c3cc(C#N)ccc32)c1. The Balaban J connectivity index is 1.62. The van der Waals surface area contributed by atoms with Gasteiger partial charge in [-0.15, -0.1) is 0 Å². The van der Waals surface area contributed by atoms with Gasteiger partial charge in [-0.25, -0.2) is 0 Å². The fraction of sp³-hybridized carbons (Fsp3) is 0.0312. The van der Waals surface area contributed by atoms with Crippen LogP contribution in [-0.2, 0) is 0 Å². The van der Waals surface area contributed by atoms with Gasteiger partial charge < -0.3 is 4.57 Å². The predicted molar refractivity (Wildman–Crippen MR) is 141 cm³/mol. The van der Waals surface area contributed by atoms with Crippen molar-refractivity contribution in [2.24, 2.45) is 0 Å². The molecule has 0 aliphatic rings. The molecule has 0 atom stereocenters. The van der Waals surface area contributed by atoms with Crippen molar-refractivity contribution in [1.29, 1.82) is 5.26 Å². The summed E-state index contributed by atoms with van der Waals surface area (Å²) in [5.41, 5.74) is 10.1. The van der Waals surface area contributed by atoms with Gasteiger partial charge in [0.15, 0.2) is 0 Å². The van der Waals surface area contributed by atoms with Crippen LogP contribution in [0.3, 0.4) is 0 Å². The zero-order valence-electron chi connectivity index (χ0n) is 18.9. The fourth-order valence-corrected chi connectivity index (χ4v) is 4.97. The third kappa shape index (κ3) is 3.27. The van der Waals surface area contributed by atoms with Crippen molar-refractivity contribution in [3.05, 3.63) is 126 Å². The van der Waals surface area contributed by atoms with Crippen LogP contribution < -0.4 is 0 Å². The monoisotopic (exact) mass is 434 g/mol. The number of para-hydroxylation sites is 1. The van der Waals surface area contributed by atoms with Crippen LogP contribution in [-0.4, -0.2) is 4.57 Å². The number of benzene rings is 5. The predicted octanol–water partition coefficient (Wildman–Crippen LogP) is 8.30. The van der Waals surface area contributed by atoms with E-state index in [1.54, 1.807) is 0 Å². The Hall–Kier alpha value is -4.61. The van der Waals surface area contributed by atoms with Crippen molar-refractivity contribution < 1.29 is 0 Å². The van der Waals surface area contributed by atoms with Crippen molar-refractivity contribution in [1.82, 2.24) is 4.57 Å². The summed E-state index contributed by atoms with van der Waals surface area (Å²) in [6.45, 7) is 2.15. The van der Waals surface area contributed by atoms with E-state index in [-0.39, 0.29) is 0 Å². The molecule has 6 aromatic rings. The first-order chi connectivity index (χ1) is 16.7. The quantitative estimate of drug-likeness (QED) is 0.275. The molecule has 0 aliphatic heterocycles. The summed E-state index contributed by atoms with van der Waals surface area (Å²) in [6.07, 6.45) is 0. The summed E-state index contributed by atoms with van der Waals surface area (Å²) in [7, 11) is 0. The van der Waals surface area contributed by atoms with Gasteiger partial charge in [0.05, 0.1) is 22.7 Å². The molecule has 0 amide bonds. The van der Waals surface area contributed by atoms with Crippen LogP contribution in [0.2, 0.25) is 0 Å². The van der Waals surface area contributed by atoms with Crippen molar-refractivity contribution in [3.8, 4) is 34.0 Å². The molecule has 0 unspecified atom stereocenters. The van der Waals surface area contributed by atoms with Gasteiger partial charge in [0.2, 0.25) is 0 Å². The largest absolute Gasteiger partial charge is 0.309 e. The molecule has 0 spiro atoms. The van der Waals surface area contributed by atoms with Crippen LogP contribution in [0.4, 0.5) is 0 Å². The lowest BCUT2D eigenvalue weighted by Crippen LogP contribution is -1.96. The Morgan fingerprint density at radius 2 is 1.26 bits per heavy atom. The first-order valence-electron chi connectivity index (χ1n) is 11.4. The van der Waals surface area contributed by atoms with Gasteiger partial charge in [-0.3, -0.25) is 0 Å². The smallest absolute Gasteiger partial charge is 0.0991 e. The van der Waals surface area contributed by atoms with Crippen LogP contribution >= 0.6 is 0 Å². The number of hydrogen-bond acceptors (Lipinski definition) is 1. The standard InChI is InChI=1S/C32H22N2/c1-22-17-25(28-12-6-5-11-27(28)24-9-3-2-4-10-24)20-26(18-22)34-31-14-8-7-13-29(31)30-19-23(21-33)15-16-32(30)34/h2-20H,1H3. The van der Waals surface area contributed by atoms with E-state index >= 15 is 0 Å². The molecule has 1 heterocycles. The molecular formula is C32H22N2. The van der Waals surface area contributed by atoms with E-state index in [0.717, 1.165) is 27.5 Å². The number of aryl methyl sites for hydroxylation is 1. The van der Waals surface area contributed by atoms with Crippen LogP contribution in [0.5, 0.6) is 0 Å². The van der Waals surface area contributed by atoms with E-state index in [9.17, 15) is 5.26 Å². The van der Waals surface area contributed by atoms with Crippen molar-refractivity contribution in [3.63, 3.8) is 0 Å². The maximum atomic E-state index is 9.45. The van der Waals surface area contributed by atoms with Gasteiger partial charge in [-0.2, -0.15) is 5.26 Å². The highest BCUT2D eigenvalue weighted by Crippen LogP contribution is 2.37. The summed E-state index contributed by atoms with van der Waals surface area (Å²) in [5, 5.41) is 11.7. The first kappa shape index (κ1) is 20.0. The molecule has 160 valence electrons. The van der Waals surface area contributed by atoms with Gasteiger partial charge in [0.25, 0.3) is 0 Å². The molecule has 34 heavy (non-hydrogen) atoms. The number of fused-ring (bicyclic) bond motifs is 3. The average Bonchev–Trinajstić information content (AvgIpc) is 3.22. The molecule has 0 aliphatic carbocycles. The van der Waals surface area contributed by atoms with Crippen LogP contribution in [0, 0.1) is 18.3 Å². The van der Waals surface area contributed by atoms with E-state index in [0.29, 0.717) is 5.56 Å². The molecule has 0 N–H and O–H groups in total. The van der Waals surface area contributed by atoms with Gasteiger partial charge in [0.1, 0.15) is 0 Å². The molecule has 0 saturated heterocycles. The number of nitrogens with zero attached hydrogens (tertiary/aromatic N) is 2. The fourth-order valence-electron chi connectivity index (χ4n) is 4.97. The van der Waals surface area contributed by atoms with E-state index in [1.165, 1.54) is 27.8 Å². The molecule has 0 fully saturated rings. The number of nitriles is 1. The molecule has 5 aromatic carbocycles. The summed E-state index contributed by atoms with van der Waals surface area (Å²) in [4.78, 5) is 0. The zero-order chi connectivity index (χ0) is 23.1. The van der Waals surface area contributed by atoms with Crippen LogP contribution in [0.25, 0.3) is 49.7 Å². The summed E-state index contributed by atoms with van der Waals surface area (Å²) < 4.78 is 2.31. The molecule has 2 heteroatoms. The highest BCUT2D eigenvalue weighted by molar-refractivity contribution is 6.09. The maximum absolute atomic E-state index is 9.45. The molecular weight excluding hydrogens is 412 g/mol. The highest BCUT2D eigenvalue weighted by Gasteiger charge is 2.15. The molecule has 0 bridgehead atoms. The van der Waals surface area contributed by atoms with Crippen molar-refractivity contribution in [2.45, 2.75) is 6.92 Å². The Kier molecular flexibility index (Phi) is 4.75. The molecule has 6 rings (SSSR count). The van der Waals surface area contributed by atoms with E-state index < -0.39 is 0 Å². The average molecular weight is 435 g/mol. The molecule has 1 aromatic heterocycles. The van der Waals surface area contributed by atoms with Gasteiger partial charge in [-0.05, 0) is 71.1 Å². The third-order valence-corrected chi connectivity index (χ3v) is 6.44. The molecule has 0 saturated carbocycles. The lowest BCUT2D eigenvalue weighted by Gasteiger charge is -2.15. The number of rotatable bonds is 3. The lowest BCUT2D eigenvalue weighted by molar-refractivity contribution is 1.17. The lowest BCUT2D eigenvalue weighted by atomic mass is 9.93. The topological polar surface area (TPSA) is 28.7 Å². The van der Waals surface area contributed by atoms with E-state index in [4.69, 9.17) is 0 Å². The minimum Gasteiger partial charge on any atom is -0.309 e. The Morgan fingerprint density at radius 3 is 2.06 bits per heavy atom. The second-order valence-corrected chi connectivity index (χ2v) is 8.67. The van der Waals surface area contributed by atoms with Crippen molar-refractivity contribution in [2.75, 3.05) is 0 Å².